The maximum atomic E-state index is 11.1. The molecule has 0 saturated carbocycles. The Morgan fingerprint density at radius 3 is 2.65 bits per heavy atom. The summed E-state index contributed by atoms with van der Waals surface area (Å²) in [5.74, 6) is -0.321. The van der Waals surface area contributed by atoms with Crippen molar-refractivity contribution in [1.29, 1.82) is 0 Å². The predicted molar refractivity (Wildman–Crippen MR) is 68.9 cm³/mol. The average molecular weight is 289 g/mol. The van der Waals surface area contributed by atoms with Crippen LogP contribution in [0.4, 0.5) is 0 Å². The molecule has 2 fully saturated rings. The van der Waals surface area contributed by atoms with E-state index in [0.29, 0.717) is 0 Å². The van der Waals surface area contributed by atoms with Gasteiger partial charge < -0.3 is 29.7 Å². The van der Waals surface area contributed by atoms with Crippen LogP contribution in [-0.4, -0.2) is 65.1 Å². The number of fused-ring (bicyclic) bond motifs is 2. The summed E-state index contributed by atoms with van der Waals surface area (Å²) in [5, 5.41) is 23.0. The van der Waals surface area contributed by atoms with E-state index in [1.165, 1.54) is 6.92 Å². The van der Waals surface area contributed by atoms with Crippen LogP contribution < -0.4 is 5.32 Å². The van der Waals surface area contributed by atoms with Crippen molar-refractivity contribution in [2.24, 2.45) is 0 Å². The summed E-state index contributed by atoms with van der Waals surface area (Å²) in [5.41, 5.74) is -1.48. The van der Waals surface area contributed by atoms with Gasteiger partial charge in [0.1, 0.15) is 23.9 Å². The monoisotopic (exact) mass is 289 g/mol. The number of carbonyl (C=O) groups excluding carboxylic acids is 1. The molecule has 1 unspecified atom stereocenters. The molecule has 1 amide bonds. The van der Waals surface area contributed by atoms with Gasteiger partial charge in [-0.15, -0.1) is 0 Å². The van der Waals surface area contributed by atoms with Crippen LogP contribution in [0.3, 0.4) is 0 Å². The van der Waals surface area contributed by atoms with Crippen molar-refractivity contribution < 1.29 is 29.2 Å². The fourth-order valence-electron chi connectivity index (χ4n) is 2.41. The lowest BCUT2D eigenvalue weighted by Crippen LogP contribution is -2.66. The Labute approximate surface area is 118 Å². The highest BCUT2D eigenvalue weighted by atomic mass is 16.8. The highest BCUT2D eigenvalue weighted by Gasteiger charge is 2.59. The molecule has 7 heteroatoms. The van der Waals surface area contributed by atoms with Gasteiger partial charge in [0.05, 0.1) is 18.8 Å². The number of rotatable bonds is 3. The largest absolute Gasteiger partial charge is 0.388 e. The van der Waals surface area contributed by atoms with E-state index in [0.717, 1.165) is 0 Å². The molecular weight excluding hydrogens is 266 g/mol. The van der Waals surface area contributed by atoms with Gasteiger partial charge in [-0.1, -0.05) is 0 Å². The molecule has 0 aromatic heterocycles. The molecule has 0 aromatic rings. The molecule has 2 bridgehead atoms. The van der Waals surface area contributed by atoms with E-state index < -0.39 is 35.7 Å². The van der Waals surface area contributed by atoms with Crippen LogP contribution >= 0.6 is 0 Å². The quantitative estimate of drug-likeness (QED) is 0.626. The number of carbonyl (C=O) groups is 1. The Hall–Kier alpha value is -0.730. The lowest BCUT2D eigenvalue weighted by Gasteiger charge is -2.43. The van der Waals surface area contributed by atoms with Gasteiger partial charge in [-0.25, -0.2) is 0 Å². The highest BCUT2D eigenvalue weighted by molar-refractivity contribution is 5.73. The van der Waals surface area contributed by atoms with Crippen molar-refractivity contribution in [1.82, 2.24) is 5.32 Å². The zero-order valence-electron chi connectivity index (χ0n) is 12.3. The van der Waals surface area contributed by atoms with E-state index in [1.807, 2.05) is 20.8 Å². The van der Waals surface area contributed by atoms with Crippen molar-refractivity contribution in [3.63, 3.8) is 0 Å². The van der Waals surface area contributed by atoms with Gasteiger partial charge in [-0.2, -0.15) is 0 Å². The molecule has 2 rings (SSSR count). The van der Waals surface area contributed by atoms with E-state index >= 15 is 0 Å². The summed E-state index contributed by atoms with van der Waals surface area (Å²) in [6.45, 7) is 7.23. The highest BCUT2D eigenvalue weighted by Crippen LogP contribution is 2.37. The second-order valence-corrected chi connectivity index (χ2v) is 6.42. The Balaban J connectivity index is 2.10. The third-order valence-corrected chi connectivity index (χ3v) is 3.49. The van der Waals surface area contributed by atoms with Crippen LogP contribution in [-0.2, 0) is 19.0 Å². The van der Waals surface area contributed by atoms with Gasteiger partial charge in [0, 0.05) is 6.92 Å². The molecule has 116 valence electrons. The number of hydrogen-bond acceptors (Lipinski definition) is 6. The first-order chi connectivity index (χ1) is 9.15. The zero-order chi connectivity index (χ0) is 15.1. The zero-order valence-corrected chi connectivity index (χ0v) is 12.3. The SMILES string of the molecule is CC(=O)NC1[C@@H]2OC[C@](COC(C)(C)C)(O2)[C@H](O)[C@@H]1O. The van der Waals surface area contributed by atoms with Crippen LogP contribution in [0.25, 0.3) is 0 Å². The van der Waals surface area contributed by atoms with Crippen molar-refractivity contribution in [2.75, 3.05) is 13.2 Å². The van der Waals surface area contributed by atoms with Crippen molar-refractivity contribution in [3.8, 4) is 0 Å². The first-order valence-corrected chi connectivity index (χ1v) is 6.71. The van der Waals surface area contributed by atoms with Crippen LogP contribution in [0.1, 0.15) is 27.7 Å². The topological polar surface area (TPSA) is 97.3 Å². The summed E-state index contributed by atoms with van der Waals surface area (Å²) >= 11 is 0. The lowest BCUT2D eigenvalue weighted by molar-refractivity contribution is -0.244. The van der Waals surface area contributed by atoms with Gasteiger partial charge in [0.25, 0.3) is 0 Å². The van der Waals surface area contributed by atoms with Crippen LogP contribution in [0, 0.1) is 0 Å². The average Bonchev–Trinajstić information content (AvgIpc) is 2.72. The van der Waals surface area contributed by atoms with Crippen molar-refractivity contribution >= 4 is 5.91 Å². The minimum atomic E-state index is -1.19. The molecule has 7 nitrogen and oxygen atoms in total. The Bertz CT molecular complexity index is 382. The predicted octanol–water partition coefficient (Wildman–Crippen LogP) is -0.847. The van der Waals surface area contributed by atoms with Gasteiger partial charge in [-0.3, -0.25) is 4.79 Å². The van der Waals surface area contributed by atoms with E-state index in [9.17, 15) is 15.0 Å². The van der Waals surface area contributed by atoms with Gasteiger partial charge >= 0.3 is 0 Å². The van der Waals surface area contributed by atoms with Crippen molar-refractivity contribution in [3.05, 3.63) is 0 Å². The third-order valence-electron chi connectivity index (χ3n) is 3.49. The van der Waals surface area contributed by atoms with Crippen LogP contribution in [0.5, 0.6) is 0 Å². The maximum Gasteiger partial charge on any atom is 0.217 e. The fourth-order valence-corrected chi connectivity index (χ4v) is 2.41. The Morgan fingerprint density at radius 1 is 1.45 bits per heavy atom. The molecule has 20 heavy (non-hydrogen) atoms. The summed E-state index contributed by atoms with van der Waals surface area (Å²) in [6.07, 6.45) is -3.13. The van der Waals surface area contributed by atoms with E-state index in [4.69, 9.17) is 14.2 Å². The number of hydrogen-bond donors (Lipinski definition) is 3. The molecule has 2 aliphatic rings. The second kappa shape index (κ2) is 5.23. The molecule has 2 heterocycles. The van der Waals surface area contributed by atoms with Crippen molar-refractivity contribution in [2.45, 2.75) is 63.4 Å². The molecule has 5 atom stereocenters. The van der Waals surface area contributed by atoms with Crippen LogP contribution in [0.15, 0.2) is 0 Å². The first-order valence-electron chi connectivity index (χ1n) is 6.71. The molecular formula is C13H23NO6. The molecule has 2 saturated heterocycles. The number of amides is 1. The summed E-state index contributed by atoms with van der Waals surface area (Å²) in [4.78, 5) is 11.1. The fraction of sp³-hybridized carbons (Fsp3) is 0.923. The van der Waals surface area contributed by atoms with E-state index in [1.54, 1.807) is 0 Å². The number of nitrogens with one attached hydrogen (secondary N) is 1. The number of aliphatic hydroxyl groups is 2. The minimum Gasteiger partial charge on any atom is -0.388 e. The molecule has 0 spiro atoms. The normalized spacial score (nSPS) is 40.7. The minimum absolute atomic E-state index is 0.109. The van der Waals surface area contributed by atoms with Crippen LogP contribution in [0.2, 0.25) is 0 Å². The van der Waals surface area contributed by atoms with Gasteiger partial charge in [0.2, 0.25) is 5.91 Å². The molecule has 2 aliphatic heterocycles. The Morgan fingerprint density at radius 2 is 2.10 bits per heavy atom. The summed E-state index contributed by atoms with van der Waals surface area (Å²) < 4.78 is 16.8. The van der Waals surface area contributed by atoms with Gasteiger partial charge in [0.15, 0.2) is 6.29 Å². The van der Waals surface area contributed by atoms with E-state index in [2.05, 4.69) is 5.32 Å². The first kappa shape index (κ1) is 15.7. The smallest absolute Gasteiger partial charge is 0.217 e. The third kappa shape index (κ3) is 2.96. The molecule has 0 aliphatic carbocycles. The Kier molecular flexibility index (Phi) is 4.10. The molecule has 3 N–H and O–H groups in total. The number of ether oxygens (including phenoxy) is 3. The molecule has 0 aromatic carbocycles. The van der Waals surface area contributed by atoms with E-state index in [-0.39, 0.29) is 19.1 Å². The lowest BCUT2D eigenvalue weighted by atomic mass is 9.88. The number of aliphatic hydroxyl groups excluding tert-OH is 2. The standard InChI is InChI=1S/C13H23NO6/c1-7(15)14-8-9(16)10(17)13(5-18-11(8)20-13)6-19-12(2,3)4/h8-11,16-17H,5-6H2,1-4H3,(H,14,15)/t8?,9-,10-,11-,13-/m1/s1. The maximum absolute atomic E-state index is 11.1. The molecule has 0 radical (unpaired) electrons. The van der Waals surface area contributed by atoms with Gasteiger partial charge in [-0.05, 0) is 20.8 Å². The summed E-state index contributed by atoms with van der Waals surface area (Å²) in [6, 6.07) is -0.784. The summed E-state index contributed by atoms with van der Waals surface area (Å²) in [7, 11) is 0. The second-order valence-electron chi connectivity index (χ2n) is 6.42.